The smallest absolute Gasteiger partial charge is 0.262 e. The van der Waals surface area contributed by atoms with Gasteiger partial charge >= 0.3 is 0 Å². The first-order valence-corrected chi connectivity index (χ1v) is 11.4. The van der Waals surface area contributed by atoms with Gasteiger partial charge in [0.15, 0.2) is 6.61 Å². The predicted molar refractivity (Wildman–Crippen MR) is 122 cm³/mol. The number of nitrogens with zero attached hydrogens (tertiary/aromatic N) is 2. The van der Waals surface area contributed by atoms with E-state index in [0.717, 1.165) is 37.4 Å². The average Bonchev–Trinajstić information content (AvgIpc) is 3.45. The molecule has 6 nitrogen and oxygen atoms in total. The van der Waals surface area contributed by atoms with E-state index in [1.165, 1.54) is 0 Å². The number of amides is 2. The Morgan fingerprint density at radius 3 is 3.00 bits per heavy atom. The number of ether oxygens (including phenoxy) is 1. The molecule has 0 spiro atoms. The Kier molecular flexibility index (Phi) is 4.88. The van der Waals surface area contributed by atoms with Crippen molar-refractivity contribution in [3.05, 3.63) is 46.8 Å². The SMILES string of the molecule is Cc1nc2c(cc(OCC(=O)Nc3ccccc3N3CCCC3=O)c3ccsc32)s1. The number of fused-ring (bicyclic) bond motifs is 3. The van der Waals surface area contributed by atoms with Crippen LogP contribution in [-0.2, 0) is 9.59 Å². The van der Waals surface area contributed by atoms with Gasteiger partial charge in [-0.2, -0.15) is 0 Å². The van der Waals surface area contributed by atoms with Crippen LogP contribution in [0.15, 0.2) is 41.8 Å². The highest BCUT2D eigenvalue weighted by Gasteiger charge is 2.24. The predicted octanol–water partition coefficient (Wildman–Crippen LogP) is 4.96. The minimum Gasteiger partial charge on any atom is -0.483 e. The van der Waals surface area contributed by atoms with E-state index in [4.69, 9.17) is 4.74 Å². The summed E-state index contributed by atoms with van der Waals surface area (Å²) in [6.45, 7) is 2.55. The van der Waals surface area contributed by atoms with Crippen LogP contribution in [0.4, 0.5) is 11.4 Å². The molecule has 152 valence electrons. The van der Waals surface area contributed by atoms with Gasteiger partial charge in [0.2, 0.25) is 5.91 Å². The molecule has 1 aliphatic rings. The third kappa shape index (κ3) is 3.42. The maximum absolute atomic E-state index is 12.6. The molecule has 30 heavy (non-hydrogen) atoms. The van der Waals surface area contributed by atoms with E-state index < -0.39 is 0 Å². The minimum atomic E-state index is -0.266. The van der Waals surface area contributed by atoms with Gasteiger partial charge in [0.1, 0.15) is 5.75 Å². The molecule has 0 aliphatic carbocycles. The average molecular weight is 438 g/mol. The number of carbonyl (C=O) groups is 2. The number of nitrogens with one attached hydrogen (secondary N) is 1. The lowest BCUT2D eigenvalue weighted by atomic mass is 10.2. The molecule has 0 radical (unpaired) electrons. The normalized spacial score (nSPS) is 14.0. The zero-order valence-corrected chi connectivity index (χ0v) is 17.9. The number of anilines is 2. The molecular weight excluding hydrogens is 418 g/mol. The molecule has 2 aromatic carbocycles. The molecule has 3 heterocycles. The minimum absolute atomic E-state index is 0.0842. The maximum atomic E-state index is 12.6. The Hall–Kier alpha value is -2.97. The van der Waals surface area contributed by atoms with E-state index in [0.29, 0.717) is 24.4 Å². The van der Waals surface area contributed by atoms with Gasteiger partial charge in [-0.05, 0) is 36.9 Å². The van der Waals surface area contributed by atoms with Crippen molar-refractivity contribution in [3.8, 4) is 5.75 Å². The van der Waals surface area contributed by atoms with Gasteiger partial charge in [-0.15, -0.1) is 22.7 Å². The maximum Gasteiger partial charge on any atom is 0.262 e. The van der Waals surface area contributed by atoms with Crippen molar-refractivity contribution in [3.63, 3.8) is 0 Å². The standard InChI is InChI=1S/C22H19N3O3S2/c1-13-23-21-18(30-13)11-17(14-8-10-29-22(14)21)28-12-19(26)24-15-5-2-3-6-16(15)25-9-4-7-20(25)27/h2-3,5-6,8,10-11H,4,7,9,12H2,1H3,(H,24,26). The van der Waals surface area contributed by atoms with E-state index in [1.807, 2.05) is 48.7 Å². The summed E-state index contributed by atoms with van der Waals surface area (Å²) in [6.07, 6.45) is 1.38. The van der Waals surface area contributed by atoms with E-state index in [1.54, 1.807) is 27.6 Å². The Labute approximate surface area is 181 Å². The lowest BCUT2D eigenvalue weighted by Crippen LogP contribution is -2.26. The summed E-state index contributed by atoms with van der Waals surface area (Å²) in [5.41, 5.74) is 2.34. The van der Waals surface area contributed by atoms with Crippen molar-refractivity contribution in [1.82, 2.24) is 4.98 Å². The quantitative estimate of drug-likeness (QED) is 0.479. The summed E-state index contributed by atoms with van der Waals surface area (Å²) in [5, 5.41) is 6.87. The van der Waals surface area contributed by atoms with Gasteiger partial charge in [0.05, 0.1) is 31.3 Å². The molecule has 5 rings (SSSR count). The highest BCUT2D eigenvalue weighted by Crippen LogP contribution is 2.39. The van der Waals surface area contributed by atoms with Crippen molar-refractivity contribution in [2.75, 3.05) is 23.4 Å². The molecule has 2 aromatic heterocycles. The summed E-state index contributed by atoms with van der Waals surface area (Å²) >= 11 is 3.24. The van der Waals surface area contributed by atoms with Crippen LogP contribution in [0.1, 0.15) is 17.8 Å². The molecular formula is C22H19N3O3S2. The van der Waals surface area contributed by atoms with Crippen LogP contribution in [0, 0.1) is 6.92 Å². The third-order valence-electron chi connectivity index (χ3n) is 5.07. The fraction of sp³-hybridized carbons (Fsp3) is 0.227. The highest BCUT2D eigenvalue weighted by molar-refractivity contribution is 7.21. The zero-order chi connectivity index (χ0) is 20.7. The molecule has 1 fully saturated rings. The third-order valence-corrected chi connectivity index (χ3v) is 6.91. The van der Waals surface area contributed by atoms with Gasteiger partial charge in [-0.1, -0.05) is 12.1 Å². The zero-order valence-electron chi connectivity index (χ0n) is 16.3. The molecule has 0 bridgehead atoms. The lowest BCUT2D eigenvalue weighted by Gasteiger charge is -2.20. The molecule has 0 saturated carbocycles. The van der Waals surface area contributed by atoms with Crippen LogP contribution in [0.2, 0.25) is 0 Å². The Morgan fingerprint density at radius 2 is 2.17 bits per heavy atom. The molecule has 0 unspecified atom stereocenters. The first-order valence-electron chi connectivity index (χ1n) is 9.69. The first kappa shape index (κ1) is 19.0. The monoisotopic (exact) mass is 437 g/mol. The van der Waals surface area contributed by atoms with Crippen molar-refractivity contribution >= 4 is 66.2 Å². The van der Waals surface area contributed by atoms with E-state index in [9.17, 15) is 9.59 Å². The van der Waals surface area contributed by atoms with Crippen LogP contribution in [0.3, 0.4) is 0 Å². The van der Waals surface area contributed by atoms with Crippen molar-refractivity contribution in [1.29, 1.82) is 0 Å². The number of hydrogen-bond acceptors (Lipinski definition) is 6. The van der Waals surface area contributed by atoms with E-state index in [-0.39, 0.29) is 18.4 Å². The molecule has 1 aliphatic heterocycles. The number of rotatable bonds is 5. The summed E-state index contributed by atoms with van der Waals surface area (Å²) in [4.78, 5) is 31.1. The van der Waals surface area contributed by atoms with Crippen LogP contribution >= 0.6 is 22.7 Å². The van der Waals surface area contributed by atoms with Gasteiger partial charge < -0.3 is 15.0 Å². The summed E-state index contributed by atoms with van der Waals surface area (Å²) < 4.78 is 8.03. The second-order valence-corrected chi connectivity index (χ2v) is 9.27. The number of aromatic nitrogens is 1. The largest absolute Gasteiger partial charge is 0.483 e. The fourth-order valence-corrected chi connectivity index (χ4v) is 5.59. The second-order valence-electron chi connectivity index (χ2n) is 7.12. The van der Waals surface area contributed by atoms with Crippen molar-refractivity contribution in [2.24, 2.45) is 0 Å². The number of hydrogen-bond donors (Lipinski definition) is 1. The molecule has 8 heteroatoms. The fourth-order valence-electron chi connectivity index (χ4n) is 3.75. The van der Waals surface area contributed by atoms with Crippen molar-refractivity contribution < 1.29 is 14.3 Å². The number of aryl methyl sites for hydroxylation is 1. The number of thiophene rings is 1. The Bertz CT molecular complexity index is 1280. The second kappa shape index (κ2) is 7.70. The van der Waals surface area contributed by atoms with Gasteiger partial charge in [-0.3, -0.25) is 9.59 Å². The summed E-state index contributed by atoms with van der Waals surface area (Å²) in [5.74, 6) is 0.500. The van der Waals surface area contributed by atoms with Crippen LogP contribution in [0.25, 0.3) is 20.3 Å². The molecule has 1 saturated heterocycles. The number of carbonyl (C=O) groups excluding carboxylic acids is 2. The van der Waals surface area contributed by atoms with Crippen LogP contribution in [0.5, 0.6) is 5.75 Å². The topological polar surface area (TPSA) is 71.5 Å². The van der Waals surface area contributed by atoms with Crippen molar-refractivity contribution in [2.45, 2.75) is 19.8 Å². The van der Waals surface area contributed by atoms with Gasteiger partial charge in [-0.25, -0.2) is 4.98 Å². The highest BCUT2D eigenvalue weighted by atomic mass is 32.1. The Balaban J connectivity index is 1.35. The first-order chi connectivity index (χ1) is 14.6. The lowest BCUT2D eigenvalue weighted by molar-refractivity contribution is -0.118. The number of para-hydroxylation sites is 2. The van der Waals surface area contributed by atoms with Crippen LogP contribution < -0.4 is 15.0 Å². The molecule has 2 amide bonds. The number of thiazole rings is 1. The van der Waals surface area contributed by atoms with E-state index >= 15 is 0 Å². The van der Waals surface area contributed by atoms with Crippen LogP contribution in [-0.4, -0.2) is 29.9 Å². The Morgan fingerprint density at radius 1 is 1.30 bits per heavy atom. The summed E-state index contributed by atoms with van der Waals surface area (Å²) in [6, 6.07) is 11.3. The summed E-state index contributed by atoms with van der Waals surface area (Å²) in [7, 11) is 0. The van der Waals surface area contributed by atoms with E-state index in [2.05, 4.69) is 10.3 Å². The molecule has 1 N–H and O–H groups in total. The molecule has 0 atom stereocenters. The van der Waals surface area contributed by atoms with Gasteiger partial charge in [0, 0.05) is 24.4 Å². The van der Waals surface area contributed by atoms with Gasteiger partial charge in [0.25, 0.3) is 5.91 Å². The number of benzene rings is 2. The molecule has 4 aromatic rings.